The number of aliphatic hydroxyl groups is 6. The molecule has 206 valence electrons. The zero-order valence-electron chi connectivity index (χ0n) is 17.9. The van der Waals surface area contributed by atoms with Crippen LogP contribution in [0, 0.1) is 0 Å². The summed E-state index contributed by atoms with van der Waals surface area (Å²) in [6, 6.07) is 0.928. The van der Waals surface area contributed by atoms with E-state index in [0.717, 1.165) is 16.8 Å². The molecule has 0 radical (unpaired) electrons. The van der Waals surface area contributed by atoms with Crippen LogP contribution in [-0.2, 0) is 32.0 Å². The number of phosphoric acid groups is 2. The van der Waals surface area contributed by atoms with Crippen molar-refractivity contribution in [1.29, 1.82) is 0 Å². The lowest BCUT2D eigenvalue weighted by atomic mass is 10.00. The van der Waals surface area contributed by atoms with Crippen molar-refractivity contribution < 1.29 is 72.4 Å². The number of aromatic amines is 1. The van der Waals surface area contributed by atoms with E-state index in [0.29, 0.717) is 0 Å². The van der Waals surface area contributed by atoms with Crippen molar-refractivity contribution >= 4 is 15.6 Å². The molecule has 2 saturated heterocycles. The zero-order chi connectivity index (χ0) is 27.0. The Morgan fingerprint density at radius 2 is 1.56 bits per heavy atom. The van der Waals surface area contributed by atoms with Gasteiger partial charge in [-0.15, -0.1) is 0 Å². The lowest BCUT2D eigenvalue weighted by Gasteiger charge is -2.39. The summed E-state index contributed by atoms with van der Waals surface area (Å²) in [6.07, 6.45) is -15.4. The van der Waals surface area contributed by atoms with Crippen molar-refractivity contribution in [3.05, 3.63) is 33.1 Å². The molecule has 19 nitrogen and oxygen atoms in total. The molecule has 0 bridgehead atoms. The van der Waals surface area contributed by atoms with Crippen molar-refractivity contribution in [1.82, 2.24) is 9.55 Å². The zero-order valence-corrected chi connectivity index (χ0v) is 19.6. The molecular weight excluding hydrogens is 542 g/mol. The minimum atomic E-state index is -5.59. The second-order valence-corrected chi connectivity index (χ2v) is 10.7. The van der Waals surface area contributed by atoms with E-state index in [1.807, 2.05) is 4.98 Å². The molecule has 2 fully saturated rings. The van der Waals surface area contributed by atoms with Gasteiger partial charge in [0.1, 0.15) is 42.7 Å². The Balaban J connectivity index is 1.61. The van der Waals surface area contributed by atoms with Crippen LogP contribution < -0.4 is 11.2 Å². The third-order valence-corrected chi connectivity index (χ3v) is 7.76. The van der Waals surface area contributed by atoms with E-state index in [1.165, 1.54) is 0 Å². The Hall–Kier alpha value is -1.38. The smallest absolute Gasteiger partial charge is 0.394 e. The molecule has 1 aromatic rings. The van der Waals surface area contributed by atoms with E-state index in [9.17, 15) is 54.0 Å². The van der Waals surface area contributed by atoms with Gasteiger partial charge in [0.05, 0.1) is 13.2 Å². The highest BCUT2D eigenvalue weighted by Gasteiger charge is 2.49. The highest BCUT2D eigenvalue weighted by Crippen LogP contribution is 2.61. The van der Waals surface area contributed by atoms with Gasteiger partial charge in [-0.3, -0.25) is 23.4 Å². The first kappa shape index (κ1) is 29.2. The number of aromatic nitrogens is 2. The van der Waals surface area contributed by atoms with Crippen LogP contribution in [0.2, 0.25) is 0 Å². The van der Waals surface area contributed by atoms with E-state index in [1.54, 1.807) is 0 Å². The van der Waals surface area contributed by atoms with Gasteiger partial charge in [-0.1, -0.05) is 0 Å². The van der Waals surface area contributed by atoms with E-state index < -0.39 is 95.4 Å². The first-order valence-corrected chi connectivity index (χ1v) is 13.0. The summed E-state index contributed by atoms with van der Waals surface area (Å²) in [5, 5.41) is 58.6. The molecule has 5 unspecified atom stereocenters. The Morgan fingerprint density at radius 1 is 0.917 bits per heavy atom. The standard InChI is InChI=1S/C15H24N2O17P2/c18-3-5-8(20)10(22)12(24)14(32-5)33-36(28,29)34-35(26,27)30-4-6-9(21)11(23)13(31-6)17-2-1-7(19)16-15(17)25/h1-2,5-6,8-14,18,20-24H,3-4H2,(H,26,27)(H,28,29)(H,16,19,25)/t5?,6-,8+,9+,10?,11+,12?,13-,14-/m1/s1. The van der Waals surface area contributed by atoms with Gasteiger partial charge in [0.25, 0.3) is 5.56 Å². The van der Waals surface area contributed by atoms with Crippen LogP contribution in [0.15, 0.2) is 21.9 Å². The molecule has 2 aliphatic heterocycles. The molecule has 0 saturated carbocycles. The van der Waals surface area contributed by atoms with Gasteiger partial charge in [-0.25, -0.2) is 13.9 Å². The maximum absolute atomic E-state index is 12.2. The maximum atomic E-state index is 12.2. The lowest BCUT2D eigenvalue weighted by Crippen LogP contribution is -2.58. The number of hydrogen-bond donors (Lipinski definition) is 9. The van der Waals surface area contributed by atoms with Gasteiger partial charge in [-0.05, 0) is 0 Å². The Morgan fingerprint density at radius 3 is 2.17 bits per heavy atom. The van der Waals surface area contributed by atoms with Crippen molar-refractivity contribution in [2.75, 3.05) is 13.2 Å². The first-order chi connectivity index (χ1) is 16.7. The summed E-state index contributed by atoms with van der Waals surface area (Å²) in [4.78, 5) is 44.5. The number of nitrogens with zero attached hydrogens (tertiary/aromatic N) is 1. The highest BCUT2D eigenvalue weighted by molar-refractivity contribution is 7.61. The van der Waals surface area contributed by atoms with Crippen LogP contribution in [0.4, 0.5) is 0 Å². The van der Waals surface area contributed by atoms with Crippen LogP contribution in [0.5, 0.6) is 0 Å². The second-order valence-electron chi connectivity index (χ2n) is 7.68. The fourth-order valence-corrected chi connectivity index (χ4v) is 5.51. The normalized spacial score (nSPS) is 38.4. The fraction of sp³-hybridized carbons (Fsp3) is 0.733. The van der Waals surface area contributed by atoms with E-state index in [-0.39, 0.29) is 0 Å². The summed E-state index contributed by atoms with van der Waals surface area (Å²) in [5.74, 6) is 0. The molecule has 0 aromatic carbocycles. The molecule has 21 heteroatoms. The van der Waals surface area contributed by atoms with E-state index in [2.05, 4.69) is 13.4 Å². The van der Waals surface area contributed by atoms with Gasteiger partial charge in [-0.2, -0.15) is 4.31 Å². The predicted molar refractivity (Wildman–Crippen MR) is 109 cm³/mol. The van der Waals surface area contributed by atoms with Crippen LogP contribution >= 0.6 is 15.6 Å². The van der Waals surface area contributed by atoms with Crippen LogP contribution in [-0.4, -0.2) is 112 Å². The predicted octanol–water partition coefficient (Wildman–Crippen LogP) is -4.79. The molecule has 0 amide bonds. The third-order valence-electron chi connectivity index (χ3n) is 5.16. The summed E-state index contributed by atoms with van der Waals surface area (Å²) in [6.45, 7) is -1.93. The number of phosphoric ester groups is 2. The molecule has 2 aliphatic rings. The molecule has 3 rings (SSSR count). The molecule has 9 N–H and O–H groups in total. The van der Waals surface area contributed by atoms with Gasteiger partial charge in [0, 0.05) is 12.3 Å². The molecule has 11 atom stereocenters. The monoisotopic (exact) mass is 566 g/mol. The number of H-pyrrole nitrogens is 1. The van der Waals surface area contributed by atoms with Gasteiger partial charge in [0.15, 0.2) is 12.5 Å². The molecule has 36 heavy (non-hydrogen) atoms. The average molecular weight is 566 g/mol. The second kappa shape index (κ2) is 11.2. The fourth-order valence-electron chi connectivity index (χ4n) is 3.35. The quantitative estimate of drug-likeness (QED) is 0.127. The largest absolute Gasteiger partial charge is 0.483 e. The Labute approximate surface area is 199 Å². The maximum Gasteiger partial charge on any atom is 0.483 e. The summed E-state index contributed by atoms with van der Waals surface area (Å²) in [5.41, 5.74) is -1.75. The molecular formula is C15H24N2O17P2. The Kier molecular flexibility index (Phi) is 9.05. The van der Waals surface area contributed by atoms with Crippen LogP contribution in [0.3, 0.4) is 0 Å². The third kappa shape index (κ3) is 6.54. The summed E-state index contributed by atoms with van der Waals surface area (Å²) >= 11 is 0. The van der Waals surface area contributed by atoms with Crippen molar-refractivity contribution in [2.45, 2.75) is 55.2 Å². The van der Waals surface area contributed by atoms with E-state index in [4.69, 9.17) is 14.6 Å². The van der Waals surface area contributed by atoms with Gasteiger partial charge >= 0.3 is 21.3 Å². The van der Waals surface area contributed by atoms with Crippen molar-refractivity contribution in [2.24, 2.45) is 0 Å². The average Bonchev–Trinajstić information content (AvgIpc) is 3.06. The van der Waals surface area contributed by atoms with Crippen molar-refractivity contribution in [3.8, 4) is 0 Å². The summed E-state index contributed by atoms with van der Waals surface area (Å²) < 4.78 is 48.1. The first-order valence-electron chi connectivity index (χ1n) is 9.99. The molecule has 3 heterocycles. The van der Waals surface area contributed by atoms with Crippen LogP contribution in [0.25, 0.3) is 0 Å². The number of nitrogens with one attached hydrogen (secondary N) is 1. The number of ether oxygens (including phenoxy) is 2. The van der Waals surface area contributed by atoms with Gasteiger partial charge in [0.2, 0.25) is 0 Å². The summed E-state index contributed by atoms with van der Waals surface area (Å²) in [7, 11) is -11.1. The number of rotatable bonds is 9. The molecule has 0 aliphatic carbocycles. The molecule has 1 aromatic heterocycles. The van der Waals surface area contributed by atoms with Crippen LogP contribution in [0.1, 0.15) is 6.23 Å². The van der Waals surface area contributed by atoms with Crippen molar-refractivity contribution in [3.63, 3.8) is 0 Å². The number of aliphatic hydroxyl groups excluding tert-OH is 6. The Bertz CT molecular complexity index is 1120. The van der Waals surface area contributed by atoms with E-state index >= 15 is 0 Å². The topological polar surface area (TPSA) is 297 Å². The minimum Gasteiger partial charge on any atom is -0.394 e. The minimum absolute atomic E-state index is 0.723. The SMILES string of the molecule is O=c1ccn([C@@H]2O[C@H](COP(=O)(O)OP(=O)(O)O[C@H]3OC(CO)[C@H](O)C(O)C3O)[C@H](O)[C@@H]2O)c(=O)[nH]1. The van der Waals surface area contributed by atoms with Gasteiger partial charge < -0.3 is 49.9 Å². The number of hydrogen-bond acceptors (Lipinski definition) is 15. The molecule has 0 spiro atoms. The highest BCUT2D eigenvalue weighted by atomic mass is 31.3. The lowest BCUT2D eigenvalue weighted by molar-refractivity contribution is -0.280.